The molecular weight excluding hydrogens is 566 g/mol. The number of thiophene rings is 1. The Morgan fingerprint density at radius 1 is 1.00 bits per heavy atom. The van der Waals surface area contributed by atoms with Gasteiger partial charge in [-0.3, -0.25) is 14.2 Å². The van der Waals surface area contributed by atoms with Crippen LogP contribution >= 0.6 is 11.3 Å². The number of rotatable bonds is 6. The molecule has 0 fully saturated rings. The van der Waals surface area contributed by atoms with Crippen LogP contribution in [0, 0.1) is 6.92 Å². The summed E-state index contributed by atoms with van der Waals surface area (Å²) in [6.45, 7) is 7.87. The second-order valence-corrected chi connectivity index (χ2v) is 12.0. The van der Waals surface area contributed by atoms with Crippen LogP contribution in [-0.4, -0.2) is 39.7 Å². The topological polar surface area (TPSA) is 121 Å². The SMILES string of the molecule is CCN(CC)c1ccc2cc(C(=O)Nc3ccc4oc(C(=O)n5cc(O)c6c5CC(O)c5cc(C)sc5-6)cc4c3)oc2c1. The Morgan fingerprint density at radius 3 is 2.56 bits per heavy atom. The Labute approximate surface area is 250 Å². The van der Waals surface area contributed by atoms with Crippen molar-refractivity contribution in [1.29, 1.82) is 0 Å². The summed E-state index contributed by atoms with van der Waals surface area (Å²) >= 11 is 1.47. The van der Waals surface area contributed by atoms with Gasteiger partial charge in [0.2, 0.25) is 0 Å². The average Bonchev–Trinajstić information content (AvgIpc) is 3.76. The molecule has 0 radical (unpaired) electrons. The van der Waals surface area contributed by atoms with Gasteiger partial charge in [-0.2, -0.15) is 0 Å². The number of nitrogens with one attached hydrogen (secondary N) is 1. The summed E-state index contributed by atoms with van der Waals surface area (Å²) in [4.78, 5) is 30.6. The molecule has 0 saturated carbocycles. The largest absolute Gasteiger partial charge is 0.506 e. The molecule has 4 aromatic heterocycles. The summed E-state index contributed by atoms with van der Waals surface area (Å²) in [5.41, 5.74) is 4.53. The maximum absolute atomic E-state index is 13.6. The second kappa shape index (κ2) is 10.2. The molecule has 0 aliphatic heterocycles. The molecule has 43 heavy (non-hydrogen) atoms. The quantitative estimate of drug-likeness (QED) is 0.188. The minimum absolute atomic E-state index is 0.0191. The number of fused-ring (bicyclic) bond motifs is 5. The second-order valence-electron chi connectivity index (χ2n) is 10.7. The molecule has 7 rings (SSSR count). The molecule has 9 nitrogen and oxygen atoms in total. The van der Waals surface area contributed by atoms with Crippen molar-refractivity contribution in [3.05, 3.63) is 88.4 Å². The standard InChI is InChI=1S/C33H29N3O6S/c1-4-35(5-2)21-8-6-18-12-28(42-27(18)14-21)32(39)34-20-7-9-26-19(11-20)13-29(41-26)33(40)36-16-25(38)30-23(36)15-24(37)22-10-17(3)43-31(22)30/h6-14,16,24,37-38H,4-5,15H2,1-3H3,(H,34,39). The molecule has 1 aliphatic rings. The number of aliphatic hydroxyl groups excluding tert-OH is 1. The molecule has 0 bridgehead atoms. The molecule has 1 amide bonds. The van der Waals surface area contributed by atoms with E-state index in [0.717, 1.165) is 39.5 Å². The van der Waals surface area contributed by atoms with Crippen molar-refractivity contribution in [2.45, 2.75) is 33.3 Å². The van der Waals surface area contributed by atoms with Crippen molar-refractivity contribution >= 4 is 56.5 Å². The highest BCUT2D eigenvalue weighted by Gasteiger charge is 2.33. The molecular formula is C33H29N3O6S. The molecule has 1 aliphatic carbocycles. The van der Waals surface area contributed by atoms with Crippen molar-refractivity contribution < 1.29 is 28.6 Å². The number of amides is 1. The Hall–Kier alpha value is -4.80. The molecule has 0 spiro atoms. The summed E-state index contributed by atoms with van der Waals surface area (Å²) in [7, 11) is 0. The molecule has 10 heteroatoms. The number of benzene rings is 2. The number of nitrogens with zero attached hydrogens (tertiary/aromatic N) is 2. The third-order valence-electron chi connectivity index (χ3n) is 8.00. The van der Waals surface area contributed by atoms with E-state index >= 15 is 0 Å². The van der Waals surface area contributed by atoms with E-state index in [1.165, 1.54) is 22.1 Å². The lowest BCUT2D eigenvalue weighted by Gasteiger charge is -2.20. The molecule has 1 unspecified atom stereocenters. The van der Waals surface area contributed by atoms with Gasteiger partial charge in [-0.05, 0) is 74.9 Å². The number of carbonyl (C=O) groups is 2. The molecule has 3 N–H and O–H groups in total. The van der Waals surface area contributed by atoms with Crippen LogP contribution in [0.25, 0.3) is 32.4 Å². The van der Waals surface area contributed by atoms with Crippen LogP contribution in [0.5, 0.6) is 5.75 Å². The van der Waals surface area contributed by atoms with Crippen LogP contribution < -0.4 is 10.2 Å². The van der Waals surface area contributed by atoms with Crippen LogP contribution in [0.3, 0.4) is 0 Å². The van der Waals surface area contributed by atoms with Crippen molar-refractivity contribution in [3.63, 3.8) is 0 Å². The summed E-state index contributed by atoms with van der Waals surface area (Å²) in [6.07, 6.45) is 0.798. The highest BCUT2D eigenvalue weighted by Crippen LogP contribution is 2.48. The normalized spacial score (nSPS) is 14.2. The van der Waals surface area contributed by atoms with Crippen LogP contribution in [0.2, 0.25) is 0 Å². The van der Waals surface area contributed by atoms with E-state index in [-0.39, 0.29) is 23.7 Å². The van der Waals surface area contributed by atoms with Gasteiger partial charge in [0, 0.05) is 63.2 Å². The van der Waals surface area contributed by atoms with Gasteiger partial charge in [-0.1, -0.05) is 0 Å². The van der Waals surface area contributed by atoms with E-state index in [2.05, 4.69) is 24.1 Å². The fourth-order valence-corrected chi connectivity index (χ4v) is 7.03. The molecule has 218 valence electrons. The van der Waals surface area contributed by atoms with Gasteiger partial charge >= 0.3 is 0 Å². The monoisotopic (exact) mass is 595 g/mol. The Bertz CT molecular complexity index is 2060. The van der Waals surface area contributed by atoms with E-state index in [0.29, 0.717) is 33.5 Å². The van der Waals surface area contributed by atoms with Gasteiger partial charge < -0.3 is 29.3 Å². The highest BCUT2D eigenvalue weighted by atomic mass is 32.1. The summed E-state index contributed by atoms with van der Waals surface area (Å²) in [6, 6.07) is 16.2. The van der Waals surface area contributed by atoms with Crippen LogP contribution in [-0.2, 0) is 6.42 Å². The lowest BCUT2D eigenvalue weighted by Crippen LogP contribution is -2.21. The number of anilines is 2. The lowest BCUT2D eigenvalue weighted by atomic mass is 9.94. The average molecular weight is 596 g/mol. The van der Waals surface area contributed by atoms with E-state index < -0.39 is 17.9 Å². The molecule has 2 aromatic carbocycles. The van der Waals surface area contributed by atoms with E-state index in [1.54, 1.807) is 30.3 Å². The summed E-state index contributed by atoms with van der Waals surface area (Å²) < 4.78 is 13.1. The fourth-order valence-electron chi connectivity index (χ4n) is 5.89. The molecule has 1 atom stereocenters. The zero-order valence-electron chi connectivity index (χ0n) is 23.8. The number of aromatic hydroxyl groups is 1. The number of hydrogen-bond acceptors (Lipinski definition) is 8. The van der Waals surface area contributed by atoms with Crippen LogP contribution in [0.4, 0.5) is 11.4 Å². The first-order chi connectivity index (χ1) is 20.7. The van der Waals surface area contributed by atoms with Gasteiger partial charge in [0.15, 0.2) is 11.5 Å². The Kier molecular flexibility index (Phi) is 6.41. The zero-order valence-corrected chi connectivity index (χ0v) is 24.6. The van der Waals surface area contributed by atoms with Crippen molar-refractivity contribution in [2.24, 2.45) is 0 Å². The minimum atomic E-state index is -0.772. The van der Waals surface area contributed by atoms with Gasteiger partial charge in [0.05, 0.1) is 17.9 Å². The van der Waals surface area contributed by atoms with Crippen LogP contribution in [0.1, 0.15) is 57.2 Å². The smallest absolute Gasteiger partial charge is 0.297 e. The first kappa shape index (κ1) is 27.1. The van der Waals surface area contributed by atoms with Gasteiger partial charge in [-0.25, -0.2) is 0 Å². The number of aryl methyl sites for hydroxylation is 1. The zero-order chi connectivity index (χ0) is 30.0. The maximum atomic E-state index is 13.6. The Balaban J connectivity index is 1.14. The number of carbonyl (C=O) groups excluding carboxylic acids is 2. The fraction of sp³-hybridized carbons (Fsp3) is 0.212. The van der Waals surface area contributed by atoms with Crippen molar-refractivity contribution in [1.82, 2.24) is 4.57 Å². The third kappa shape index (κ3) is 4.50. The van der Waals surface area contributed by atoms with E-state index in [4.69, 9.17) is 8.83 Å². The Morgan fingerprint density at radius 2 is 1.77 bits per heavy atom. The number of aliphatic hydroxyl groups is 1. The third-order valence-corrected chi connectivity index (χ3v) is 9.09. The lowest BCUT2D eigenvalue weighted by molar-refractivity contribution is 0.0926. The van der Waals surface area contributed by atoms with E-state index in [1.807, 2.05) is 31.2 Å². The van der Waals surface area contributed by atoms with Crippen molar-refractivity contribution in [3.8, 4) is 16.2 Å². The van der Waals surface area contributed by atoms with Gasteiger partial charge in [0.25, 0.3) is 11.8 Å². The summed E-state index contributed by atoms with van der Waals surface area (Å²) in [5, 5.41) is 25.8. The number of hydrogen-bond donors (Lipinski definition) is 3. The minimum Gasteiger partial charge on any atom is -0.506 e. The summed E-state index contributed by atoms with van der Waals surface area (Å²) in [5.74, 6) is -0.614. The molecule has 6 aromatic rings. The number of furan rings is 2. The van der Waals surface area contributed by atoms with Gasteiger partial charge in [0.1, 0.15) is 16.9 Å². The predicted molar refractivity (Wildman–Crippen MR) is 166 cm³/mol. The first-order valence-electron chi connectivity index (χ1n) is 14.1. The van der Waals surface area contributed by atoms with Crippen LogP contribution in [0.15, 0.2) is 69.6 Å². The highest BCUT2D eigenvalue weighted by molar-refractivity contribution is 7.15. The predicted octanol–water partition coefficient (Wildman–Crippen LogP) is 7.10. The van der Waals surface area contributed by atoms with E-state index in [9.17, 15) is 19.8 Å². The maximum Gasteiger partial charge on any atom is 0.297 e. The van der Waals surface area contributed by atoms with Crippen molar-refractivity contribution in [2.75, 3.05) is 23.3 Å². The van der Waals surface area contributed by atoms with Gasteiger partial charge in [-0.15, -0.1) is 11.3 Å². The molecule has 0 saturated heterocycles. The molecule has 4 heterocycles. The first-order valence-corrected chi connectivity index (χ1v) is 15.0. The number of aromatic nitrogens is 1.